The molecule has 1 amide bonds. The molecule has 1 N–H and O–H groups in total. The van der Waals surface area contributed by atoms with Gasteiger partial charge in [0.1, 0.15) is 6.61 Å². The van der Waals surface area contributed by atoms with Gasteiger partial charge in [0.05, 0.1) is 0 Å². The molecule has 0 saturated carbocycles. The topological polar surface area (TPSA) is 49.8 Å². The third-order valence-electron chi connectivity index (χ3n) is 3.69. The summed E-state index contributed by atoms with van der Waals surface area (Å²) < 4.78 is 5.29. The number of aliphatic hydroxyl groups excluding tert-OH is 1. The fourth-order valence-corrected chi connectivity index (χ4v) is 3.09. The minimum Gasteiger partial charge on any atom is -0.445 e. The van der Waals surface area contributed by atoms with Gasteiger partial charge in [-0.2, -0.15) is 0 Å². The summed E-state index contributed by atoms with van der Waals surface area (Å²) in [4.78, 5) is 13.7. The second-order valence-electron chi connectivity index (χ2n) is 5.27. The lowest BCUT2D eigenvalue weighted by molar-refractivity contribution is 0.0795. The molecule has 0 unspecified atom stereocenters. The van der Waals surface area contributed by atoms with Crippen LogP contribution in [0.2, 0.25) is 10.0 Å². The number of likely N-dealkylation sites (tertiary alicyclic amines) is 1. The molecule has 4 nitrogen and oxygen atoms in total. The van der Waals surface area contributed by atoms with Gasteiger partial charge < -0.3 is 14.7 Å². The van der Waals surface area contributed by atoms with Crippen molar-refractivity contribution in [1.82, 2.24) is 4.90 Å². The van der Waals surface area contributed by atoms with E-state index in [1.807, 2.05) is 0 Å². The van der Waals surface area contributed by atoms with Gasteiger partial charge in [0, 0.05) is 29.7 Å². The van der Waals surface area contributed by atoms with Crippen molar-refractivity contribution in [1.29, 1.82) is 0 Å². The maximum atomic E-state index is 12.0. The molecular formula is C15H19Cl2NO3. The van der Waals surface area contributed by atoms with Crippen molar-refractivity contribution in [2.24, 2.45) is 5.92 Å². The third kappa shape index (κ3) is 5.06. The van der Waals surface area contributed by atoms with E-state index in [-0.39, 0.29) is 19.3 Å². The Balaban J connectivity index is 1.80. The van der Waals surface area contributed by atoms with Crippen molar-refractivity contribution in [3.05, 3.63) is 33.8 Å². The highest BCUT2D eigenvalue weighted by molar-refractivity contribution is 6.34. The molecule has 0 aliphatic carbocycles. The molecule has 0 radical (unpaired) electrons. The van der Waals surface area contributed by atoms with Crippen molar-refractivity contribution >= 4 is 29.3 Å². The lowest BCUT2D eigenvalue weighted by atomic mass is 9.94. The van der Waals surface area contributed by atoms with Crippen LogP contribution in [0.5, 0.6) is 0 Å². The molecule has 6 heteroatoms. The molecule has 21 heavy (non-hydrogen) atoms. The molecule has 1 aliphatic heterocycles. The molecule has 1 heterocycles. The van der Waals surface area contributed by atoms with E-state index in [1.165, 1.54) is 0 Å². The molecule has 116 valence electrons. The number of aliphatic hydroxyl groups is 1. The zero-order valence-electron chi connectivity index (χ0n) is 11.7. The van der Waals surface area contributed by atoms with Gasteiger partial charge in [0.15, 0.2) is 0 Å². The second kappa shape index (κ2) is 7.87. The Bertz CT molecular complexity index is 468. The van der Waals surface area contributed by atoms with Crippen molar-refractivity contribution in [2.75, 3.05) is 19.7 Å². The molecule has 0 spiro atoms. The molecule has 1 fully saturated rings. The highest BCUT2D eigenvalue weighted by atomic mass is 35.5. The smallest absolute Gasteiger partial charge is 0.410 e. The molecular weight excluding hydrogens is 313 g/mol. The average Bonchev–Trinajstić information content (AvgIpc) is 2.45. The van der Waals surface area contributed by atoms with E-state index >= 15 is 0 Å². The first-order valence-electron chi connectivity index (χ1n) is 7.06. The molecule has 1 saturated heterocycles. The molecule has 1 aliphatic rings. The van der Waals surface area contributed by atoms with Crippen LogP contribution in [0.3, 0.4) is 0 Å². The largest absolute Gasteiger partial charge is 0.445 e. The first-order chi connectivity index (χ1) is 10.1. The molecule has 0 atom stereocenters. The van der Waals surface area contributed by atoms with E-state index in [4.69, 9.17) is 33.0 Å². The molecule has 0 aromatic heterocycles. The Labute approximate surface area is 134 Å². The number of benzene rings is 1. The maximum absolute atomic E-state index is 12.0. The van der Waals surface area contributed by atoms with Crippen LogP contribution in [0.15, 0.2) is 18.2 Å². The van der Waals surface area contributed by atoms with Gasteiger partial charge in [-0.3, -0.25) is 0 Å². The summed E-state index contributed by atoms with van der Waals surface area (Å²) in [6, 6.07) is 5.10. The van der Waals surface area contributed by atoms with E-state index in [0.717, 1.165) is 24.8 Å². The quantitative estimate of drug-likeness (QED) is 0.914. The monoisotopic (exact) mass is 331 g/mol. The van der Waals surface area contributed by atoms with Gasteiger partial charge in [-0.05, 0) is 48.9 Å². The van der Waals surface area contributed by atoms with Crippen LogP contribution < -0.4 is 0 Å². The van der Waals surface area contributed by atoms with Crippen LogP contribution in [-0.2, 0) is 11.3 Å². The van der Waals surface area contributed by atoms with Gasteiger partial charge in [0.2, 0.25) is 0 Å². The number of nitrogens with zero attached hydrogens (tertiary/aromatic N) is 1. The summed E-state index contributed by atoms with van der Waals surface area (Å²) >= 11 is 11.8. The number of halogens is 2. The van der Waals surface area contributed by atoms with Gasteiger partial charge in [-0.15, -0.1) is 0 Å². The van der Waals surface area contributed by atoms with Crippen LogP contribution in [0.4, 0.5) is 4.79 Å². The lowest BCUT2D eigenvalue weighted by Crippen LogP contribution is -2.38. The Morgan fingerprint density at radius 2 is 1.86 bits per heavy atom. The average molecular weight is 332 g/mol. The summed E-state index contributed by atoms with van der Waals surface area (Å²) in [6.45, 7) is 1.74. The van der Waals surface area contributed by atoms with Crippen molar-refractivity contribution in [2.45, 2.75) is 25.9 Å². The van der Waals surface area contributed by atoms with E-state index in [0.29, 0.717) is 29.1 Å². The Hall–Kier alpha value is -0.970. The SMILES string of the molecule is O=C(OCc1cc(Cl)cc(Cl)c1)N1CCC(CCO)CC1. The van der Waals surface area contributed by atoms with Crippen molar-refractivity contribution < 1.29 is 14.6 Å². The highest BCUT2D eigenvalue weighted by Crippen LogP contribution is 2.22. The van der Waals surface area contributed by atoms with E-state index < -0.39 is 0 Å². The summed E-state index contributed by atoms with van der Waals surface area (Å²) in [7, 11) is 0. The number of rotatable bonds is 4. The fraction of sp³-hybridized carbons (Fsp3) is 0.533. The zero-order chi connectivity index (χ0) is 15.2. The normalized spacial score (nSPS) is 16.0. The van der Waals surface area contributed by atoms with E-state index in [2.05, 4.69) is 0 Å². The van der Waals surface area contributed by atoms with Crippen LogP contribution in [0, 0.1) is 5.92 Å². The summed E-state index contributed by atoms with van der Waals surface area (Å²) in [5.41, 5.74) is 0.774. The molecule has 0 bridgehead atoms. The molecule has 1 aromatic carbocycles. The van der Waals surface area contributed by atoms with Crippen LogP contribution in [0.25, 0.3) is 0 Å². The summed E-state index contributed by atoms with van der Waals surface area (Å²) in [5.74, 6) is 0.505. The zero-order valence-corrected chi connectivity index (χ0v) is 13.2. The first kappa shape index (κ1) is 16.4. The van der Waals surface area contributed by atoms with Crippen LogP contribution >= 0.6 is 23.2 Å². The number of hydrogen-bond donors (Lipinski definition) is 1. The summed E-state index contributed by atoms with van der Waals surface area (Å²) in [5, 5.41) is 9.97. The van der Waals surface area contributed by atoms with Gasteiger partial charge in [-0.1, -0.05) is 23.2 Å². The number of carbonyl (C=O) groups excluding carboxylic acids is 1. The van der Waals surface area contributed by atoms with Gasteiger partial charge >= 0.3 is 6.09 Å². The Morgan fingerprint density at radius 1 is 1.24 bits per heavy atom. The molecule has 2 rings (SSSR count). The minimum atomic E-state index is -0.312. The van der Waals surface area contributed by atoms with Gasteiger partial charge in [-0.25, -0.2) is 4.79 Å². The van der Waals surface area contributed by atoms with Crippen molar-refractivity contribution in [3.8, 4) is 0 Å². The Morgan fingerprint density at radius 3 is 2.43 bits per heavy atom. The third-order valence-corrected chi connectivity index (χ3v) is 4.13. The minimum absolute atomic E-state index is 0.162. The number of amides is 1. The number of piperidine rings is 1. The van der Waals surface area contributed by atoms with Crippen molar-refractivity contribution in [3.63, 3.8) is 0 Å². The lowest BCUT2D eigenvalue weighted by Gasteiger charge is -2.31. The first-order valence-corrected chi connectivity index (χ1v) is 7.81. The van der Waals surface area contributed by atoms with E-state index in [9.17, 15) is 4.79 Å². The number of carbonyl (C=O) groups is 1. The predicted octanol–water partition coefficient (Wildman–Crippen LogP) is 3.72. The molecule has 1 aromatic rings. The van der Waals surface area contributed by atoms with Gasteiger partial charge in [0.25, 0.3) is 0 Å². The number of hydrogen-bond acceptors (Lipinski definition) is 3. The fourth-order valence-electron chi connectivity index (χ4n) is 2.52. The summed E-state index contributed by atoms with van der Waals surface area (Å²) in [6.07, 6.45) is 2.33. The van der Waals surface area contributed by atoms with Crippen LogP contribution in [-0.4, -0.2) is 35.8 Å². The number of ether oxygens (including phenoxy) is 1. The van der Waals surface area contributed by atoms with E-state index in [1.54, 1.807) is 23.1 Å². The maximum Gasteiger partial charge on any atom is 0.410 e. The van der Waals surface area contributed by atoms with Crippen LogP contribution in [0.1, 0.15) is 24.8 Å². The Kier molecular flexibility index (Phi) is 6.15. The second-order valence-corrected chi connectivity index (χ2v) is 6.15. The standard InChI is InChI=1S/C15H19Cl2NO3/c16-13-7-12(8-14(17)9-13)10-21-15(20)18-4-1-11(2-5-18)3-6-19/h7-9,11,19H,1-6,10H2. The highest BCUT2D eigenvalue weighted by Gasteiger charge is 2.23. The predicted molar refractivity (Wildman–Crippen MR) is 82.6 cm³/mol.